The number of ether oxygens (including phenoxy) is 1. The standard InChI is InChI=1S/C12H13NO4/c1-7(14)13-10-4-8-2-3-11(17-12(15)16)6-9(8)5-10/h2-3,6,10H,4-5H2,1H3,(H,13,14)(H,15,16). The average molecular weight is 235 g/mol. The molecule has 1 aliphatic carbocycles. The molecule has 0 fully saturated rings. The first-order valence-electron chi connectivity index (χ1n) is 5.34. The number of amides is 1. The van der Waals surface area contributed by atoms with Crippen LogP contribution in [0.5, 0.6) is 5.75 Å². The van der Waals surface area contributed by atoms with Crippen molar-refractivity contribution in [2.75, 3.05) is 0 Å². The Morgan fingerprint density at radius 2 is 2.06 bits per heavy atom. The van der Waals surface area contributed by atoms with E-state index in [1.54, 1.807) is 12.1 Å². The topological polar surface area (TPSA) is 75.6 Å². The molecule has 5 heteroatoms. The third-order valence-electron chi connectivity index (χ3n) is 2.72. The fraction of sp³-hybridized carbons (Fsp3) is 0.333. The van der Waals surface area contributed by atoms with Gasteiger partial charge in [-0.2, -0.15) is 0 Å². The van der Waals surface area contributed by atoms with Gasteiger partial charge in [0.1, 0.15) is 5.75 Å². The minimum atomic E-state index is -1.32. The molecule has 0 aliphatic heterocycles. The number of benzene rings is 1. The second-order valence-electron chi connectivity index (χ2n) is 4.10. The van der Waals surface area contributed by atoms with Gasteiger partial charge in [0, 0.05) is 13.0 Å². The number of hydrogen-bond acceptors (Lipinski definition) is 3. The highest BCUT2D eigenvalue weighted by Gasteiger charge is 2.22. The summed E-state index contributed by atoms with van der Waals surface area (Å²) in [6, 6.07) is 5.28. The number of rotatable bonds is 2. The quantitative estimate of drug-likeness (QED) is 0.599. The van der Waals surface area contributed by atoms with Crippen molar-refractivity contribution in [1.29, 1.82) is 0 Å². The molecule has 0 spiro atoms. The fourth-order valence-corrected chi connectivity index (χ4v) is 2.15. The molecule has 0 saturated heterocycles. The van der Waals surface area contributed by atoms with Crippen LogP contribution >= 0.6 is 0 Å². The molecule has 1 aliphatic rings. The lowest BCUT2D eigenvalue weighted by atomic mass is 10.1. The molecule has 90 valence electrons. The van der Waals surface area contributed by atoms with E-state index < -0.39 is 6.16 Å². The lowest BCUT2D eigenvalue weighted by Crippen LogP contribution is -2.33. The van der Waals surface area contributed by atoms with Crippen LogP contribution in [0.15, 0.2) is 18.2 Å². The Hall–Kier alpha value is -2.04. The summed E-state index contributed by atoms with van der Waals surface area (Å²) in [6.45, 7) is 1.49. The maximum atomic E-state index is 10.9. The van der Waals surface area contributed by atoms with E-state index in [9.17, 15) is 9.59 Å². The molecule has 1 aromatic carbocycles. The summed E-state index contributed by atoms with van der Waals surface area (Å²) < 4.78 is 4.59. The van der Waals surface area contributed by atoms with Crippen molar-refractivity contribution in [2.24, 2.45) is 0 Å². The van der Waals surface area contributed by atoms with Gasteiger partial charge in [0.05, 0.1) is 0 Å². The molecular formula is C12H13NO4. The Bertz CT molecular complexity index is 470. The van der Waals surface area contributed by atoms with Gasteiger partial charge < -0.3 is 15.2 Å². The van der Waals surface area contributed by atoms with Crippen LogP contribution in [-0.2, 0) is 17.6 Å². The van der Waals surface area contributed by atoms with Crippen molar-refractivity contribution in [3.05, 3.63) is 29.3 Å². The Morgan fingerprint density at radius 3 is 2.71 bits per heavy atom. The number of hydrogen-bond donors (Lipinski definition) is 2. The van der Waals surface area contributed by atoms with Crippen LogP contribution in [0.1, 0.15) is 18.1 Å². The zero-order valence-electron chi connectivity index (χ0n) is 9.40. The maximum absolute atomic E-state index is 10.9. The molecule has 17 heavy (non-hydrogen) atoms. The molecule has 1 atom stereocenters. The summed E-state index contributed by atoms with van der Waals surface area (Å²) in [5.74, 6) is 0.268. The molecule has 1 aromatic rings. The number of carbonyl (C=O) groups excluding carboxylic acids is 1. The average Bonchev–Trinajstić information content (AvgIpc) is 2.56. The monoisotopic (exact) mass is 235 g/mol. The zero-order valence-corrected chi connectivity index (χ0v) is 9.40. The largest absolute Gasteiger partial charge is 0.511 e. The summed E-state index contributed by atoms with van der Waals surface area (Å²) in [5.41, 5.74) is 2.16. The smallest absolute Gasteiger partial charge is 0.449 e. The van der Waals surface area contributed by atoms with Crippen LogP contribution in [0.2, 0.25) is 0 Å². The second kappa shape index (κ2) is 4.45. The SMILES string of the molecule is CC(=O)NC1Cc2ccc(OC(=O)O)cc2C1. The molecule has 1 amide bonds. The predicted octanol–water partition coefficient (Wildman–Crippen LogP) is 1.35. The van der Waals surface area contributed by atoms with Crippen molar-refractivity contribution < 1.29 is 19.4 Å². The highest BCUT2D eigenvalue weighted by Crippen LogP contribution is 2.26. The normalized spacial score (nSPS) is 17.4. The van der Waals surface area contributed by atoms with Crippen LogP contribution in [-0.4, -0.2) is 23.2 Å². The van der Waals surface area contributed by atoms with Crippen LogP contribution in [0.25, 0.3) is 0 Å². The summed E-state index contributed by atoms with van der Waals surface area (Å²) in [6.07, 6.45) is 0.176. The van der Waals surface area contributed by atoms with E-state index in [4.69, 9.17) is 5.11 Å². The van der Waals surface area contributed by atoms with Gasteiger partial charge in [-0.3, -0.25) is 4.79 Å². The van der Waals surface area contributed by atoms with Gasteiger partial charge in [-0.1, -0.05) is 6.07 Å². The molecular weight excluding hydrogens is 222 g/mol. The molecule has 2 rings (SSSR count). The van der Waals surface area contributed by atoms with E-state index in [-0.39, 0.29) is 11.9 Å². The van der Waals surface area contributed by atoms with Crippen molar-refractivity contribution in [3.63, 3.8) is 0 Å². The van der Waals surface area contributed by atoms with Crippen molar-refractivity contribution in [3.8, 4) is 5.75 Å². The predicted molar refractivity (Wildman–Crippen MR) is 60.1 cm³/mol. The van der Waals surface area contributed by atoms with Crippen molar-refractivity contribution in [1.82, 2.24) is 5.32 Å². The number of carboxylic acid groups (broad SMARTS) is 1. The number of carbonyl (C=O) groups is 2. The second-order valence-corrected chi connectivity index (χ2v) is 4.10. The highest BCUT2D eigenvalue weighted by molar-refractivity contribution is 5.73. The lowest BCUT2D eigenvalue weighted by molar-refractivity contribution is -0.119. The third-order valence-corrected chi connectivity index (χ3v) is 2.72. The van der Waals surface area contributed by atoms with Crippen LogP contribution in [0.3, 0.4) is 0 Å². The number of fused-ring (bicyclic) bond motifs is 1. The Labute approximate surface area is 98.4 Å². The third kappa shape index (κ3) is 2.75. The molecule has 0 radical (unpaired) electrons. The lowest BCUT2D eigenvalue weighted by Gasteiger charge is -2.08. The van der Waals surface area contributed by atoms with Gasteiger partial charge in [0.25, 0.3) is 0 Å². The van der Waals surface area contributed by atoms with Crippen LogP contribution in [0, 0.1) is 0 Å². The van der Waals surface area contributed by atoms with E-state index in [2.05, 4.69) is 10.1 Å². The molecule has 0 saturated carbocycles. The minimum absolute atomic E-state index is 0.0511. The van der Waals surface area contributed by atoms with E-state index in [0.717, 1.165) is 17.5 Å². The first-order valence-corrected chi connectivity index (χ1v) is 5.34. The first kappa shape index (κ1) is 11.4. The van der Waals surface area contributed by atoms with Gasteiger partial charge in [-0.05, 0) is 36.1 Å². The van der Waals surface area contributed by atoms with Gasteiger partial charge in [-0.15, -0.1) is 0 Å². The van der Waals surface area contributed by atoms with E-state index in [1.165, 1.54) is 6.92 Å². The van der Waals surface area contributed by atoms with Gasteiger partial charge >= 0.3 is 6.16 Å². The van der Waals surface area contributed by atoms with E-state index in [0.29, 0.717) is 12.2 Å². The summed E-state index contributed by atoms with van der Waals surface area (Å²) in [7, 11) is 0. The van der Waals surface area contributed by atoms with Crippen LogP contribution < -0.4 is 10.1 Å². The molecule has 0 bridgehead atoms. The number of nitrogens with one attached hydrogen (secondary N) is 1. The summed E-state index contributed by atoms with van der Waals surface area (Å²) in [5, 5.41) is 11.4. The summed E-state index contributed by atoms with van der Waals surface area (Å²) in [4.78, 5) is 21.3. The Balaban J connectivity index is 2.10. The summed E-state index contributed by atoms with van der Waals surface area (Å²) >= 11 is 0. The van der Waals surface area contributed by atoms with E-state index >= 15 is 0 Å². The Kier molecular flexibility index (Phi) is 2.99. The molecule has 1 unspecified atom stereocenters. The first-order chi connectivity index (χ1) is 8.04. The highest BCUT2D eigenvalue weighted by atomic mass is 16.7. The maximum Gasteiger partial charge on any atom is 0.511 e. The Morgan fingerprint density at radius 1 is 1.35 bits per heavy atom. The zero-order chi connectivity index (χ0) is 12.4. The molecule has 0 heterocycles. The van der Waals surface area contributed by atoms with E-state index in [1.807, 2.05) is 6.07 Å². The minimum Gasteiger partial charge on any atom is -0.449 e. The van der Waals surface area contributed by atoms with Gasteiger partial charge in [0.2, 0.25) is 5.91 Å². The van der Waals surface area contributed by atoms with Gasteiger partial charge in [0.15, 0.2) is 0 Å². The molecule has 2 N–H and O–H groups in total. The van der Waals surface area contributed by atoms with Crippen molar-refractivity contribution in [2.45, 2.75) is 25.8 Å². The molecule has 0 aromatic heterocycles. The van der Waals surface area contributed by atoms with Crippen LogP contribution in [0.4, 0.5) is 4.79 Å². The fourth-order valence-electron chi connectivity index (χ4n) is 2.15. The van der Waals surface area contributed by atoms with Gasteiger partial charge in [-0.25, -0.2) is 4.79 Å². The van der Waals surface area contributed by atoms with Crippen molar-refractivity contribution >= 4 is 12.1 Å². The molecule has 5 nitrogen and oxygen atoms in total.